The van der Waals surface area contributed by atoms with E-state index < -0.39 is 5.41 Å². The van der Waals surface area contributed by atoms with Gasteiger partial charge in [0.15, 0.2) is 5.82 Å². The first-order chi connectivity index (χ1) is 31.2. The molecule has 12 rings (SSSR count). The van der Waals surface area contributed by atoms with Crippen LogP contribution in [-0.2, 0) is 5.41 Å². The molecule has 11 aromatic rings. The van der Waals surface area contributed by atoms with Crippen LogP contribution in [0.1, 0.15) is 22.3 Å². The summed E-state index contributed by atoms with van der Waals surface area (Å²) >= 11 is 1.85. The van der Waals surface area contributed by atoms with Crippen molar-refractivity contribution in [3.63, 3.8) is 0 Å². The zero-order valence-corrected chi connectivity index (χ0v) is 35.1. The molecule has 0 saturated heterocycles. The molecule has 0 atom stereocenters. The van der Waals surface area contributed by atoms with E-state index in [1.54, 1.807) is 0 Å². The van der Waals surface area contributed by atoms with E-state index in [4.69, 9.17) is 9.97 Å². The number of benzene rings is 9. The van der Waals surface area contributed by atoms with Gasteiger partial charge in [-0.25, -0.2) is 9.97 Å². The van der Waals surface area contributed by atoms with Crippen LogP contribution >= 0.6 is 11.3 Å². The molecule has 0 N–H and O–H groups in total. The normalized spacial score (nSPS) is 12.6. The molecule has 0 saturated carbocycles. The number of thiophene rings is 1. The van der Waals surface area contributed by atoms with Crippen molar-refractivity contribution >= 4 is 48.7 Å². The van der Waals surface area contributed by atoms with Gasteiger partial charge < -0.3 is 0 Å². The van der Waals surface area contributed by atoms with Gasteiger partial charge in [0.2, 0.25) is 0 Å². The molecule has 63 heavy (non-hydrogen) atoms. The van der Waals surface area contributed by atoms with Gasteiger partial charge in [0.25, 0.3) is 0 Å². The van der Waals surface area contributed by atoms with Gasteiger partial charge in [0.1, 0.15) is 5.82 Å². The topological polar surface area (TPSA) is 29.0 Å². The minimum absolute atomic E-state index is 0.502. The second-order valence-corrected chi connectivity index (χ2v) is 17.2. The Morgan fingerprint density at radius 1 is 0.365 bits per heavy atom. The van der Waals surface area contributed by atoms with Crippen molar-refractivity contribution in [2.24, 2.45) is 0 Å². The monoisotopic (exact) mass is 821 g/mol. The van der Waals surface area contributed by atoms with Gasteiger partial charge in [-0.05, 0) is 87.0 Å². The summed E-state index contributed by atoms with van der Waals surface area (Å²) in [4.78, 5) is 12.9. The fraction of sp³-hybridized carbons (Fsp3) is 0.0169. The van der Waals surface area contributed by atoms with E-state index in [0.29, 0.717) is 5.82 Å². The van der Waals surface area contributed by atoms with E-state index in [-0.39, 0.29) is 0 Å². The number of hydrogen-bond donors (Lipinski definition) is 0. The van der Waals surface area contributed by atoms with Crippen LogP contribution in [0.2, 0.25) is 0 Å². The highest BCUT2D eigenvalue weighted by molar-refractivity contribution is 7.25. The molecule has 9 aromatic carbocycles. The van der Waals surface area contributed by atoms with Gasteiger partial charge in [-0.2, -0.15) is 0 Å². The van der Waals surface area contributed by atoms with Gasteiger partial charge in [-0.1, -0.05) is 188 Å². The quantitative estimate of drug-likeness (QED) is 0.153. The minimum atomic E-state index is -0.502. The van der Waals surface area contributed by atoms with Crippen LogP contribution in [0.15, 0.2) is 237 Å². The van der Waals surface area contributed by atoms with Crippen LogP contribution in [0.4, 0.5) is 17.2 Å². The standard InChI is InChI=1S/C59H39N3S/c1-4-17-40(18-5-1)54-39-57(61-58(60-54)41-19-6-2-7-20-41)62(47-24-16-21-42(37-47)43-31-36-56-51(38-43)50-27-12-15-30-55(50)63-56)46-34-32-45(33-35-46)59(44-22-8-3-9-23-44)52-28-13-10-25-48(52)49-26-11-14-29-53(49)59/h1-39H. The van der Waals surface area contributed by atoms with Crippen molar-refractivity contribution in [1.29, 1.82) is 0 Å². The molecule has 296 valence electrons. The van der Waals surface area contributed by atoms with Gasteiger partial charge >= 0.3 is 0 Å². The third-order valence-corrected chi connectivity index (χ3v) is 13.7. The Labute approximate surface area is 370 Å². The molecule has 2 aromatic heterocycles. The summed E-state index contributed by atoms with van der Waals surface area (Å²) < 4.78 is 2.60. The molecule has 0 unspecified atom stereocenters. The number of rotatable bonds is 8. The first-order valence-electron chi connectivity index (χ1n) is 21.4. The van der Waals surface area contributed by atoms with E-state index >= 15 is 0 Å². The van der Waals surface area contributed by atoms with Crippen LogP contribution < -0.4 is 4.90 Å². The molecule has 0 radical (unpaired) electrons. The Kier molecular flexibility index (Phi) is 8.91. The molecule has 3 nitrogen and oxygen atoms in total. The maximum absolute atomic E-state index is 5.39. The predicted molar refractivity (Wildman–Crippen MR) is 263 cm³/mol. The summed E-state index contributed by atoms with van der Waals surface area (Å²) in [5.41, 5.74) is 14.2. The minimum Gasteiger partial charge on any atom is -0.295 e. The molecule has 4 heteroatoms. The third kappa shape index (κ3) is 6.18. The van der Waals surface area contributed by atoms with Crippen molar-refractivity contribution in [3.05, 3.63) is 259 Å². The van der Waals surface area contributed by atoms with Gasteiger partial charge in [-0.3, -0.25) is 4.90 Å². The number of nitrogens with zero attached hydrogens (tertiary/aromatic N) is 3. The van der Waals surface area contributed by atoms with E-state index in [2.05, 4.69) is 217 Å². The number of fused-ring (bicyclic) bond motifs is 6. The van der Waals surface area contributed by atoms with Crippen molar-refractivity contribution in [2.75, 3.05) is 4.90 Å². The van der Waals surface area contributed by atoms with E-state index in [0.717, 1.165) is 39.6 Å². The average molecular weight is 822 g/mol. The lowest BCUT2D eigenvalue weighted by Gasteiger charge is -2.34. The Morgan fingerprint density at radius 2 is 0.937 bits per heavy atom. The van der Waals surface area contributed by atoms with Crippen molar-refractivity contribution in [3.8, 4) is 44.9 Å². The number of hydrogen-bond acceptors (Lipinski definition) is 4. The largest absolute Gasteiger partial charge is 0.295 e. The van der Waals surface area contributed by atoms with Crippen molar-refractivity contribution < 1.29 is 0 Å². The van der Waals surface area contributed by atoms with E-state index in [9.17, 15) is 0 Å². The lowest BCUT2D eigenvalue weighted by Crippen LogP contribution is -2.28. The summed E-state index contributed by atoms with van der Waals surface area (Å²) in [6.45, 7) is 0. The maximum atomic E-state index is 5.39. The SMILES string of the molecule is c1ccc(-c2cc(N(c3ccc(C4(c5ccccc5)c5ccccc5-c5ccccc54)cc3)c3cccc(-c4ccc5sc6ccccc6c5c4)c3)nc(-c3ccccc3)n2)cc1. The summed E-state index contributed by atoms with van der Waals surface area (Å²) in [5.74, 6) is 1.45. The fourth-order valence-electron chi connectivity index (χ4n) is 9.74. The Balaban J connectivity index is 1.06. The van der Waals surface area contributed by atoms with E-state index in [1.165, 1.54) is 59.1 Å². The second-order valence-electron chi connectivity index (χ2n) is 16.1. The Bertz CT molecular complexity index is 3350. The highest BCUT2D eigenvalue weighted by atomic mass is 32.1. The highest BCUT2D eigenvalue weighted by Crippen LogP contribution is 2.56. The van der Waals surface area contributed by atoms with E-state index in [1.807, 2.05) is 35.6 Å². The van der Waals surface area contributed by atoms with Gasteiger partial charge in [0.05, 0.1) is 11.1 Å². The zero-order valence-electron chi connectivity index (χ0n) is 34.3. The fourth-order valence-corrected chi connectivity index (χ4v) is 10.8. The van der Waals surface area contributed by atoms with Crippen LogP contribution in [0.3, 0.4) is 0 Å². The van der Waals surface area contributed by atoms with Crippen LogP contribution in [-0.4, -0.2) is 9.97 Å². The second kappa shape index (κ2) is 15.2. The van der Waals surface area contributed by atoms with Crippen LogP contribution in [0.5, 0.6) is 0 Å². The molecule has 0 amide bonds. The van der Waals surface area contributed by atoms with Crippen LogP contribution in [0.25, 0.3) is 65.1 Å². The van der Waals surface area contributed by atoms with Gasteiger partial charge in [-0.15, -0.1) is 11.3 Å². The maximum Gasteiger partial charge on any atom is 0.162 e. The summed E-state index contributed by atoms with van der Waals surface area (Å²) in [6.07, 6.45) is 0. The summed E-state index contributed by atoms with van der Waals surface area (Å²) in [5, 5.41) is 2.57. The first-order valence-corrected chi connectivity index (χ1v) is 22.2. The molecule has 0 fully saturated rings. The smallest absolute Gasteiger partial charge is 0.162 e. The molecule has 0 bridgehead atoms. The summed E-state index contributed by atoms with van der Waals surface area (Å²) in [7, 11) is 0. The van der Waals surface area contributed by atoms with Crippen molar-refractivity contribution in [1.82, 2.24) is 9.97 Å². The predicted octanol–water partition coefficient (Wildman–Crippen LogP) is 15.7. The number of anilines is 3. The Morgan fingerprint density at radius 3 is 1.67 bits per heavy atom. The molecule has 1 aliphatic rings. The average Bonchev–Trinajstić information content (AvgIpc) is 3.89. The molecule has 0 aliphatic heterocycles. The molecule has 1 aliphatic carbocycles. The lowest BCUT2D eigenvalue weighted by atomic mass is 9.68. The molecular weight excluding hydrogens is 783 g/mol. The molecular formula is C59H39N3S. The Hall–Kier alpha value is -7.92. The first kappa shape index (κ1) is 36.9. The number of aromatic nitrogens is 2. The molecule has 0 spiro atoms. The van der Waals surface area contributed by atoms with Crippen molar-refractivity contribution in [2.45, 2.75) is 5.41 Å². The zero-order chi connectivity index (χ0) is 41.7. The molecule has 2 heterocycles. The van der Waals surface area contributed by atoms with Gasteiger partial charge in [0, 0.05) is 48.7 Å². The third-order valence-electron chi connectivity index (χ3n) is 12.6. The summed E-state index contributed by atoms with van der Waals surface area (Å²) in [6, 6.07) is 85.2. The lowest BCUT2D eigenvalue weighted by molar-refractivity contribution is 0.768. The van der Waals surface area contributed by atoms with Crippen LogP contribution in [0, 0.1) is 0 Å². The highest BCUT2D eigenvalue weighted by Gasteiger charge is 2.45.